The Labute approximate surface area is 83.6 Å². The summed E-state index contributed by atoms with van der Waals surface area (Å²) in [5.41, 5.74) is 4.92. The number of rotatable bonds is 3. The molecular formula is C9H18N2O3. The van der Waals surface area contributed by atoms with Crippen molar-refractivity contribution in [3.8, 4) is 0 Å². The molecule has 0 saturated carbocycles. The van der Waals surface area contributed by atoms with E-state index in [1.165, 1.54) is 0 Å². The number of nitrogens with two attached hydrogens (primary N) is 1. The highest BCUT2D eigenvalue weighted by molar-refractivity contribution is 5.81. The lowest BCUT2D eigenvalue weighted by Gasteiger charge is -2.36. The van der Waals surface area contributed by atoms with Crippen LogP contribution in [0.25, 0.3) is 0 Å². The summed E-state index contributed by atoms with van der Waals surface area (Å²) >= 11 is 0. The van der Waals surface area contributed by atoms with Gasteiger partial charge in [-0.2, -0.15) is 0 Å². The van der Waals surface area contributed by atoms with E-state index in [0.717, 1.165) is 0 Å². The van der Waals surface area contributed by atoms with Gasteiger partial charge in [-0.3, -0.25) is 4.79 Å². The highest BCUT2D eigenvalue weighted by Crippen LogP contribution is 2.19. The topological polar surface area (TPSA) is 84.6 Å². The maximum Gasteiger partial charge on any atom is 0.237 e. The first-order valence-corrected chi connectivity index (χ1v) is 4.86. The largest absolute Gasteiger partial charge is 0.394 e. The van der Waals surface area contributed by atoms with Crippen LogP contribution in [0.15, 0.2) is 0 Å². The van der Waals surface area contributed by atoms with Gasteiger partial charge in [-0.15, -0.1) is 0 Å². The van der Waals surface area contributed by atoms with Crippen molar-refractivity contribution in [2.45, 2.75) is 31.3 Å². The van der Waals surface area contributed by atoms with E-state index in [2.05, 4.69) is 5.32 Å². The van der Waals surface area contributed by atoms with E-state index < -0.39 is 11.6 Å². The second kappa shape index (κ2) is 4.72. The molecule has 1 rings (SSSR count). The molecule has 0 unspecified atom stereocenters. The quantitative estimate of drug-likeness (QED) is 0.547. The number of amides is 1. The molecule has 1 atom stereocenters. The zero-order valence-corrected chi connectivity index (χ0v) is 8.45. The Bertz CT molecular complexity index is 200. The van der Waals surface area contributed by atoms with Gasteiger partial charge in [0, 0.05) is 13.2 Å². The molecule has 0 bridgehead atoms. The highest BCUT2D eigenvalue weighted by Gasteiger charge is 2.33. The normalized spacial score (nSPS) is 22.8. The van der Waals surface area contributed by atoms with E-state index in [1.54, 1.807) is 6.92 Å². The lowest BCUT2D eigenvalue weighted by molar-refractivity contribution is -0.126. The Morgan fingerprint density at radius 1 is 1.64 bits per heavy atom. The SMILES string of the molecule is C[C@@H](N)C(=O)NC1(CO)CCOCC1. The van der Waals surface area contributed by atoms with Crippen LogP contribution in [-0.4, -0.2) is 42.4 Å². The van der Waals surface area contributed by atoms with Gasteiger partial charge in [0.15, 0.2) is 0 Å². The Morgan fingerprint density at radius 2 is 2.21 bits per heavy atom. The average Bonchev–Trinajstić information content (AvgIpc) is 2.19. The van der Waals surface area contributed by atoms with Crippen LogP contribution >= 0.6 is 0 Å². The zero-order valence-electron chi connectivity index (χ0n) is 8.45. The number of aliphatic hydroxyl groups excluding tert-OH is 1. The van der Waals surface area contributed by atoms with E-state index in [9.17, 15) is 9.90 Å². The van der Waals surface area contributed by atoms with Crippen molar-refractivity contribution in [3.05, 3.63) is 0 Å². The first kappa shape index (κ1) is 11.4. The second-order valence-electron chi connectivity index (χ2n) is 3.83. The van der Waals surface area contributed by atoms with Crippen LogP contribution in [0, 0.1) is 0 Å². The number of nitrogens with one attached hydrogen (secondary N) is 1. The van der Waals surface area contributed by atoms with Crippen LogP contribution in [0.4, 0.5) is 0 Å². The van der Waals surface area contributed by atoms with Gasteiger partial charge in [0.05, 0.1) is 18.2 Å². The molecule has 14 heavy (non-hydrogen) atoms. The van der Waals surface area contributed by atoms with Crippen molar-refractivity contribution in [3.63, 3.8) is 0 Å². The highest BCUT2D eigenvalue weighted by atomic mass is 16.5. The summed E-state index contributed by atoms with van der Waals surface area (Å²) in [7, 11) is 0. The standard InChI is InChI=1S/C9H18N2O3/c1-7(10)8(13)11-9(6-12)2-4-14-5-3-9/h7,12H,2-6,10H2,1H3,(H,11,13)/t7-/m1/s1. The Kier molecular flexibility index (Phi) is 3.86. The molecule has 0 aromatic rings. The molecule has 4 N–H and O–H groups in total. The fourth-order valence-electron chi connectivity index (χ4n) is 1.46. The molecule has 1 aliphatic heterocycles. The molecule has 1 saturated heterocycles. The monoisotopic (exact) mass is 202 g/mol. The summed E-state index contributed by atoms with van der Waals surface area (Å²) in [5, 5.41) is 12.0. The molecule has 0 aromatic carbocycles. The number of hydrogen-bond acceptors (Lipinski definition) is 4. The third-order valence-electron chi connectivity index (χ3n) is 2.55. The summed E-state index contributed by atoms with van der Waals surface area (Å²) < 4.78 is 5.17. The molecule has 0 aromatic heterocycles. The molecule has 82 valence electrons. The van der Waals surface area contributed by atoms with Gasteiger partial charge in [0.2, 0.25) is 5.91 Å². The van der Waals surface area contributed by atoms with Crippen molar-refractivity contribution in [1.29, 1.82) is 0 Å². The first-order chi connectivity index (χ1) is 6.59. The summed E-state index contributed by atoms with van der Waals surface area (Å²) in [6.45, 7) is 2.70. The molecule has 0 spiro atoms. The van der Waals surface area contributed by atoms with Crippen LogP contribution < -0.4 is 11.1 Å². The zero-order chi connectivity index (χ0) is 10.6. The molecule has 1 aliphatic rings. The predicted octanol–water partition coefficient (Wildman–Crippen LogP) is -1.01. The van der Waals surface area contributed by atoms with Gasteiger partial charge >= 0.3 is 0 Å². The van der Waals surface area contributed by atoms with Gasteiger partial charge in [-0.05, 0) is 19.8 Å². The minimum Gasteiger partial charge on any atom is -0.394 e. The van der Waals surface area contributed by atoms with E-state index in [0.29, 0.717) is 26.1 Å². The lowest BCUT2D eigenvalue weighted by Crippen LogP contribution is -2.57. The van der Waals surface area contributed by atoms with Crippen LogP contribution in [0.1, 0.15) is 19.8 Å². The van der Waals surface area contributed by atoms with Crippen LogP contribution in [0.5, 0.6) is 0 Å². The smallest absolute Gasteiger partial charge is 0.237 e. The maximum atomic E-state index is 11.4. The van der Waals surface area contributed by atoms with Crippen molar-refractivity contribution in [1.82, 2.24) is 5.32 Å². The van der Waals surface area contributed by atoms with Crippen molar-refractivity contribution < 1.29 is 14.6 Å². The van der Waals surface area contributed by atoms with E-state index in [-0.39, 0.29) is 12.5 Å². The number of ether oxygens (including phenoxy) is 1. The minimum atomic E-state index is -0.540. The Morgan fingerprint density at radius 3 is 2.64 bits per heavy atom. The van der Waals surface area contributed by atoms with Crippen molar-refractivity contribution in [2.75, 3.05) is 19.8 Å². The number of hydrogen-bond donors (Lipinski definition) is 3. The maximum absolute atomic E-state index is 11.4. The predicted molar refractivity (Wildman–Crippen MR) is 51.7 cm³/mol. The lowest BCUT2D eigenvalue weighted by atomic mass is 9.90. The number of carbonyl (C=O) groups is 1. The molecule has 1 fully saturated rings. The van der Waals surface area contributed by atoms with Gasteiger partial charge in [-0.25, -0.2) is 0 Å². The molecule has 5 nitrogen and oxygen atoms in total. The number of aliphatic hydroxyl groups is 1. The Hall–Kier alpha value is -0.650. The van der Waals surface area contributed by atoms with E-state index in [1.807, 2.05) is 0 Å². The van der Waals surface area contributed by atoms with Crippen LogP contribution in [-0.2, 0) is 9.53 Å². The summed E-state index contributed by atoms with van der Waals surface area (Å²) in [4.78, 5) is 11.4. The van der Waals surface area contributed by atoms with E-state index in [4.69, 9.17) is 10.5 Å². The van der Waals surface area contributed by atoms with Gasteiger partial charge < -0.3 is 20.9 Å². The average molecular weight is 202 g/mol. The van der Waals surface area contributed by atoms with Gasteiger partial charge in [0.1, 0.15) is 0 Å². The second-order valence-corrected chi connectivity index (χ2v) is 3.83. The van der Waals surface area contributed by atoms with Crippen molar-refractivity contribution >= 4 is 5.91 Å². The van der Waals surface area contributed by atoms with Gasteiger partial charge in [-0.1, -0.05) is 0 Å². The third kappa shape index (κ3) is 2.67. The summed E-state index contributed by atoms with van der Waals surface area (Å²) in [6, 6.07) is -0.540. The Balaban J connectivity index is 2.56. The van der Waals surface area contributed by atoms with E-state index >= 15 is 0 Å². The molecule has 1 heterocycles. The minimum absolute atomic E-state index is 0.0607. The first-order valence-electron chi connectivity index (χ1n) is 4.86. The summed E-state index contributed by atoms with van der Waals surface area (Å²) in [5.74, 6) is -0.221. The fourth-order valence-corrected chi connectivity index (χ4v) is 1.46. The summed E-state index contributed by atoms with van der Waals surface area (Å²) in [6.07, 6.45) is 1.28. The molecule has 0 radical (unpaired) electrons. The van der Waals surface area contributed by atoms with Crippen molar-refractivity contribution in [2.24, 2.45) is 5.73 Å². The van der Waals surface area contributed by atoms with Gasteiger partial charge in [0.25, 0.3) is 0 Å². The fraction of sp³-hybridized carbons (Fsp3) is 0.889. The van der Waals surface area contributed by atoms with Crippen LogP contribution in [0.3, 0.4) is 0 Å². The third-order valence-corrected chi connectivity index (χ3v) is 2.55. The molecular weight excluding hydrogens is 184 g/mol. The molecule has 0 aliphatic carbocycles. The molecule has 1 amide bonds. The van der Waals surface area contributed by atoms with Crippen LogP contribution in [0.2, 0.25) is 0 Å². The molecule has 5 heteroatoms. The number of carbonyl (C=O) groups excluding carboxylic acids is 1.